The molecule has 0 bridgehead atoms. The fourth-order valence-corrected chi connectivity index (χ4v) is 3.41. The maximum atomic E-state index is 13.3. The average molecular weight is 342 g/mol. The minimum absolute atomic E-state index is 0.0949. The van der Waals surface area contributed by atoms with Crippen LogP contribution in [0.2, 0.25) is 0 Å². The fourth-order valence-electron chi connectivity index (χ4n) is 3.13. The molecule has 1 aliphatic carbocycles. The second-order valence-corrected chi connectivity index (χ2v) is 6.55. The van der Waals surface area contributed by atoms with Gasteiger partial charge in [-0.3, -0.25) is 9.36 Å². The van der Waals surface area contributed by atoms with E-state index in [-0.39, 0.29) is 34.5 Å². The molecule has 0 aliphatic heterocycles. The zero-order valence-electron chi connectivity index (χ0n) is 12.4. The Morgan fingerprint density at radius 2 is 2.00 bits per heavy atom. The lowest BCUT2D eigenvalue weighted by molar-refractivity contribution is -0.0468. The van der Waals surface area contributed by atoms with Gasteiger partial charge >= 0.3 is 0 Å². The van der Waals surface area contributed by atoms with E-state index in [1.54, 1.807) is 0 Å². The lowest BCUT2D eigenvalue weighted by atomic mass is 9.85. The summed E-state index contributed by atoms with van der Waals surface area (Å²) in [5.74, 6) is -2.87. The first-order valence-corrected chi connectivity index (χ1v) is 8.07. The number of aromatic nitrogens is 2. The Morgan fingerprint density at radius 1 is 1.30 bits per heavy atom. The van der Waals surface area contributed by atoms with Crippen LogP contribution in [-0.4, -0.2) is 15.5 Å². The van der Waals surface area contributed by atoms with Crippen molar-refractivity contribution in [3.05, 3.63) is 39.1 Å². The van der Waals surface area contributed by atoms with Gasteiger partial charge < -0.3 is 4.98 Å². The van der Waals surface area contributed by atoms with Crippen molar-refractivity contribution in [1.82, 2.24) is 9.55 Å². The first kappa shape index (κ1) is 16.2. The molecule has 1 aromatic carbocycles. The molecule has 3 nitrogen and oxygen atoms in total. The SMILES string of the molecule is O=c1c2cc(F)ccc2[nH]c(=S)n1CCC1CCC(F)(F)CC1. The topological polar surface area (TPSA) is 37.8 Å². The molecule has 0 atom stereocenters. The highest BCUT2D eigenvalue weighted by Gasteiger charge is 2.34. The summed E-state index contributed by atoms with van der Waals surface area (Å²) in [6.07, 6.45) is 1.35. The van der Waals surface area contributed by atoms with Crippen molar-refractivity contribution < 1.29 is 13.2 Å². The van der Waals surface area contributed by atoms with E-state index in [4.69, 9.17) is 12.2 Å². The normalized spacial score (nSPS) is 18.4. The Hall–Kier alpha value is -1.63. The summed E-state index contributed by atoms with van der Waals surface area (Å²) in [6, 6.07) is 3.93. The highest BCUT2D eigenvalue weighted by Crippen LogP contribution is 2.37. The third kappa shape index (κ3) is 3.49. The Balaban J connectivity index is 1.81. The second-order valence-electron chi connectivity index (χ2n) is 6.16. The zero-order chi connectivity index (χ0) is 16.6. The molecule has 1 saturated carbocycles. The molecule has 0 amide bonds. The minimum atomic E-state index is -2.55. The lowest BCUT2D eigenvalue weighted by Gasteiger charge is -2.28. The van der Waals surface area contributed by atoms with E-state index >= 15 is 0 Å². The number of hydrogen-bond acceptors (Lipinski definition) is 2. The van der Waals surface area contributed by atoms with E-state index in [2.05, 4.69) is 4.98 Å². The molecule has 0 radical (unpaired) electrons. The summed E-state index contributed by atoms with van der Waals surface area (Å²) in [7, 11) is 0. The average Bonchev–Trinajstić information content (AvgIpc) is 2.49. The van der Waals surface area contributed by atoms with Crippen molar-refractivity contribution in [2.24, 2.45) is 5.92 Å². The van der Waals surface area contributed by atoms with Crippen molar-refractivity contribution in [3.63, 3.8) is 0 Å². The summed E-state index contributed by atoms with van der Waals surface area (Å²) >= 11 is 5.20. The summed E-state index contributed by atoms with van der Waals surface area (Å²) in [4.78, 5) is 15.4. The molecule has 1 fully saturated rings. The summed E-state index contributed by atoms with van der Waals surface area (Å²) in [5, 5.41) is 0.244. The molecular weight excluding hydrogens is 325 g/mol. The number of rotatable bonds is 3. The van der Waals surface area contributed by atoms with Crippen LogP contribution in [0.4, 0.5) is 13.2 Å². The van der Waals surface area contributed by atoms with Gasteiger partial charge in [0.25, 0.3) is 5.56 Å². The number of fused-ring (bicyclic) bond motifs is 1. The number of benzene rings is 1. The predicted molar refractivity (Wildman–Crippen MR) is 84.9 cm³/mol. The first-order valence-electron chi connectivity index (χ1n) is 7.66. The molecule has 1 N–H and O–H groups in total. The number of nitrogens with one attached hydrogen (secondary N) is 1. The van der Waals surface area contributed by atoms with Gasteiger partial charge in [0.1, 0.15) is 5.82 Å². The van der Waals surface area contributed by atoms with E-state index in [0.717, 1.165) is 0 Å². The number of alkyl halides is 2. The van der Waals surface area contributed by atoms with Gasteiger partial charge in [0.05, 0.1) is 10.9 Å². The third-order valence-corrected chi connectivity index (χ3v) is 4.86. The van der Waals surface area contributed by atoms with Crippen molar-refractivity contribution in [2.75, 3.05) is 0 Å². The summed E-state index contributed by atoms with van der Waals surface area (Å²) in [6.45, 7) is 0.358. The molecule has 124 valence electrons. The Labute approximate surface area is 136 Å². The number of halogens is 3. The van der Waals surface area contributed by atoms with Crippen LogP contribution in [0.1, 0.15) is 32.1 Å². The standard InChI is InChI=1S/C16H17F3N2OS/c17-11-1-2-13-12(9-11)14(22)21(15(23)20-13)8-5-10-3-6-16(18,19)7-4-10/h1-2,9-10H,3-8H2,(H,20,23). The van der Waals surface area contributed by atoms with E-state index in [0.29, 0.717) is 31.3 Å². The van der Waals surface area contributed by atoms with Crippen LogP contribution in [0.3, 0.4) is 0 Å². The number of H-pyrrole nitrogens is 1. The van der Waals surface area contributed by atoms with E-state index in [1.165, 1.54) is 22.8 Å². The first-order chi connectivity index (χ1) is 10.9. The van der Waals surface area contributed by atoms with Crippen LogP contribution in [0, 0.1) is 16.5 Å². The van der Waals surface area contributed by atoms with Gasteiger partial charge in [-0.1, -0.05) is 0 Å². The highest BCUT2D eigenvalue weighted by atomic mass is 32.1. The molecule has 1 aromatic heterocycles. The van der Waals surface area contributed by atoms with Crippen molar-refractivity contribution in [3.8, 4) is 0 Å². The van der Waals surface area contributed by atoms with E-state index in [1.807, 2.05) is 0 Å². The number of nitrogens with zero attached hydrogens (tertiary/aromatic N) is 1. The Bertz CT molecular complexity index is 833. The lowest BCUT2D eigenvalue weighted by Crippen LogP contribution is -2.27. The van der Waals surface area contributed by atoms with Crippen LogP contribution in [0.15, 0.2) is 23.0 Å². The largest absolute Gasteiger partial charge is 0.332 e. The van der Waals surface area contributed by atoms with Gasteiger partial charge in [0.15, 0.2) is 4.77 Å². The fraction of sp³-hybridized carbons (Fsp3) is 0.500. The Kier molecular flexibility index (Phi) is 4.31. The summed E-state index contributed by atoms with van der Waals surface area (Å²) in [5.41, 5.74) is 0.152. The molecular formula is C16H17F3N2OS. The molecule has 1 heterocycles. The van der Waals surface area contributed by atoms with Gasteiger partial charge in [-0.15, -0.1) is 0 Å². The van der Waals surface area contributed by atoms with Gasteiger partial charge in [-0.05, 0) is 55.6 Å². The van der Waals surface area contributed by atoms with Crippen molar-refractivity contribution in [2.45, 2.75) is 44.6 Å². The molecule has 0 saturated heterocycles. The van der Waals surface area contributed by atoms with E-state index < -0.39 is 11.7 Å². The van der Waals surface area contributed by atoms with Crippen molar-refractivity contribution in [1.29, 1.82) is 0 Å². The van der Waals surface area contributed by atoms with Gasteiger partial charge in [-0.25, -0.2) is 13.2 Å². The maximum absolute atomic E-state index is 13.3. The second kappa shape index (κ2) is 6.11. The van der Waals surface area contributed by atoms with Crippen LogP contribution in [0.5, 0.6) is 0 Å². The van der Waals surface area contributed by atoms with Crippen LogP contribution in [0.25, 0.3) is 10.9 Å². The highest BCUT2D eigenvalue weighted by molar-refractivity contribution is 7.71. The molecule has 7 heteroatoms. The number of aromatic amines is 1. The predicted octanol–water partition coefficient (Wildman–Crippen LogP) is 4.41. The molecule has 23 heavy (non-hydrogen) atoms. The summed E-state index contributed by atoms with van der Waals surface area (Å²) < 4.78 is 41.3. The van der Waals surface area contributed by atoms with Crippen LogP contribution >= 0.6 is 12.2 Å². The smallest absolute Gasteiger partial charge is 0.262 e. The molecule has 0 unspecified atom stereocenters. The Morgan fingerprint density at radius 3 is 2.70 bits per heavy atom. The maximum Gasteiger partial charge on any atom is 0.262 e. The van der Waals surface area contributed by atoms with Gasteiger partial charge in [0.2, 0.25) is 5.92 Å². The third-order valence-electron chi connectivity index (χ3n) is 4.54. The monoisotopic (exact) mass is 342 g/mol. The molecule has 3 rings (SSSR count). The van der Waals surface area contributed by atoms with Gasteiger partial charge in [-0.2, -0.15) is 0 Å². The molecule has 0 spiro atoms. The molecule has 2 aromatic rings. The van der Waals surface area contributed by atoms with Crippen molar-refractivity contribution >= 4 is 23.1 Å². The van der Waals surface area contributed by atoms with Crippen LogP contribution < -0.4 is 5.56 Å². The zero-order valence-corrected chi connectivity index (χ0v) is 13.3. The van der Waals surface area contributed by atoms with E-state index in [9.17, 15) is 18.0 Å². The number of hydrogen-bond donors (Lipinski definition) is 1. The minimum Gasteiger partial charge on any atom is -0.332 e. The van der Waals surface area contributed by atoms with Gasteiger partial charge in [0, 0.05) is 19.4 Å². The quantitative estimate of drug-likeness (QED) is 0.839. The van der Waals surface area contributed by atoms with Crippen LogP contribution in [-0.2, 0) is 6.54 Å². The molecule has 1 aliphatic rings.